The summed E-state index contributed by atoms with van der Waals surface area (Å²) in [5.41, 5.74) is 1.53. The van der Waals surface area contributed by atoms with Crippen LogP contribution in [0, 0.1) is 10.1 Å². The molecule has 0 aliphatic heterocycles. The minimum Gasteiger partial charge on any atom is -0.497 e. The van der Waals surface area contributed by atoms with E-state index in [1.165, 1.54) is 14.2 Å². The highest BCUT2D eigenvalue weighted by Crippen LogP contribution is 2.38. The van der Waals surface area contributed by atoms with Crippen LogP contribution >= 0.6 is 0 Å². The van der Waals surface area contributed by atoms with E-state index in [2.05, 4.69) is 0 Å². The van der Waals surface area contributed by atoms with Crippen molar-refractivity contribution in [3.8, 4) is 17.2 Å². The van der Waals surface area contributed by atoms with Crippen LogP contribution in [0.4, 0.5) is 0 Å². The summed E-state index contributed by atoms with van der Waals surface area (Å²) < 4.78 is 15.9. The highest BCUT2D eigenvalue weighted by atomic mass is 16.6. The van der Waals surface area contributed by atoms with Crippen LogP contribution in [0.3, 0.4) is 0 Å². The molecule has 1 unspecified atom stereocenters. The van der Waals surface area contributed by atoms with Crippen molar-refractivity contribution in [3.05, 3.63) is 63.7 Å². The SMILES string of the molecule is COc1ccc(C(C[N+](=O)[O-])c2cccc(OC)c2OC)cc1. The number of ether oxygens (including phenoxy) is 3. The van der Waals surface area contributed by atoms with Crippen molar-refractivity contribution in [1.82, 2.24) is 0 Å². The smallest absolute Gasteiger partial charge is 0.214 e. The highest BCUT2D eigenvalue weighted by molar-refractivity contribution is 5.51. The average molecular weight is 317 g/mol. The Morgan fingerprint density at radius 2 is 1.70 bits per heavy atom. The van der Waals surface area contributed by atoms with Crippen LogP contribution in [0.25, 0.3) is 0 Å². The molecule has 122 valence electrons. The lowest BCUT2D eigenvalue weighted by Gasteiger charge is -2.19. The summed E-state index contributed by atoms with van der Waals surface area (Å²) in [5, 5.41) is 11.1. The summed E-state index contributed by atoms with van der Waals surface area (Å²) in [7, 11) is 4.64. The summed E-state index contributed by atoms with van der Waals surface area (Å²) in [6.45, 7) is -0.240. The van der Waals surface area contributed by atoms with Crippen molar-refractivity contribution < 1.29 is 19.1 Å². The molecule has 23 heavy (non-hydrogen) atoms. The first-order valence-corrected chi connectivity index (χ1v) is 7.07. The maximum absolute atomic E-state index is 11.1. The topological polar surface area (TPSA) is 70.8 Å². The van der Waals surface area contributed by atoms with Crippen molar-refractivity contribution >= 4 is 0 Å². The van der Waals surface area contributed by atoms with Crippen LogP contribution in [0.5, 0.6) is 17.2 Å². The molecule has 0 amide bonds. The molecule has 0 aromatic heterocycles. The van der Waals surface area contributed by atoms with Gasteiger partial charge in [0.2, 0.25) is 6.54 Å². The number of hydrogen-bond acceptors (Lipinski definition) is 5. The number of nitro groups is 1. The van der Waals surface area contributed by atoms with E-state index < -0.39 is 5.92 Å². The molecule has 0 heterocycles. The predicted molar refractivity (Wildman–Crippen MR) is 86.2 cm³/mol. The normalized spacial score (nSPS) is 11.6. The first-order valence-electron chi connectivity index (χ1n) is 7.07. The van der Waals surface area contributed by atoms with Crippen molar-refractivity contribution in [2.45, 2.75) is 5.92 Å². The maximum atomic E-state index is 11.1. The molecular formula is C17H19NO5. The van der Waals surface area contributed by atoms with E-state index in [9.17, 15) is 10.1 Å². The number of rotatable bonds is 7. The fourth-order valence-corrected chi connectivity index (χ4v) is 2.55. The zero-order valence-electron chi connectivity index (χ0n) is 13.3. The standard InChI is InChI=1S/C17H19NO5/c1-21-13-9-7-12(8-10-13)15(11-18(19)20)14-5-4-6-16(22-2)17(14)23-3/h4-10,15H,11H2,1-3H3. The minimum atomic E-state index is -0.444. The lowest BCUT2D eigenvalue weighted by Crippen LogP contribution is -2.15. The van der Waals surface area contributed by atoms with Gasteiger partial charge in [-0.15, -0.1) is 0 Å². The van der Waals surface area contributed by atoms with Gasteiger partial charge in [-0.3, -0.25) is 10.1 Å². The molecule has 2 rings (SSSR count). The van der Waals surface area contributed by atoms with Gasteiger partial charge in [-0.2, -0.15) is 0 Å². The Bertz CT molecular complexity index is 669. The number of benzene rings is 2. The Morgan fingerprint density at radius 1 is 1.00 bits per heavy atom. The summed E-state index contributed by atoms with van der Waals surface area (Å²) in [5.74, 6) is 1.32. The Kier molecular flexibility index (Phi) is 5.41. The molecule has 0 aliphatic rings. The molecule has 0 saturated carbocycles. The Hall–Kier alpha value is -2.76. The maximum Gasteiger partial charge on any atom is 0.214 e. The molecular weight excluding hydrogens is 298 g/mol. The first kappa shape index (κ1) is 16.6. The predicted octanol–water partition coefficient (Wildman–Crippen LogP) is 3.12. The van der Waals surface area contributed by atoms with Gasteiger partial charge in [0, 0.05) is 10.5 Å². The van der Waals surface area contributed by atoms with E-state index in [0.29, 0.717) is 22.8 Å². The summed E-state index contributed by atoms with van der Waals surface area (Å²) in [6, 6.07) is 12.6. The van der Waals surface area contributed by atoms with E-state index in [1.807, 2.05) is 18.2 Å². The van der Waals surface area contributed by atoms with E-state index in [-0.39, 0.29) is 11.5 Å². The second kappa shape index (κ2) is 7.49. The van der Waals surface area contributed by atoms with Gasteiger partial charge in [-0.25, -0.2) is 0 Å². The van der Waals surface area contributed by atoms with Crippen molar-refractivity contribution in [1.29, 1.82) is 0 Å². The third kappa shape index (κ3) is 3.71. The minimum absolute atomic E-state index is 0.240. The third-order valence-electron chi connectivity index (χ3n) is 3.66. The fraction of sp³-hybridized carbons (Fsp3) is 0.294. The van der Waals surface area contributed by atoms with Gasteiger partial charge in [0.05, 0.1) is 27.2 Å². The molecule has 6 heteroatoms. The van der Waals surface area contributed by atoms with E-state index in [0.717, 1.165) is 5.56 Å². The van der Waals surface area contributed by atoms with Crippen molar-refractivity contribution in [2.75, 3.05) is 27.9 Å². The zero-order valence-corrected chi connectivity index (χ0v) is 13.3. The van der Waals surface area contributed by atoms with Crippen LogP contribution in [0.1, 0.15) is 17.0 Å². The monoisotopic (exact) mass is 317 g/mol. The fourth-order valence-electron chi connectivity index (χ4n) is 2.55. The molecule has 6 nitrogen and oxygen atoms in total. The zero-order chi connectivity index (χ0) is 16.8. The van der Waals surface area contributed by atoms with Crippen molar-refractivity contribution in [3.63, 3.8) is 0 Å². The van der Waals surface area contributed by atoms with Crippen LogP contribution in [-0.2, 0) is 0 Å². The Balaban J connectivity index is 2.52. The molecule has 1 atom stereocenters. The van der Waals surface area contributed by atoms with E-state index >= 15 is 0 Å². The lowest BCUT2D eigenvalue weighted by molar-refractivity contribution is -0.481. The molecule has 0 aliphatic carbocycles. The van der Waals surface area contributed by atoms with Gasteiger partial charge in [0.25, 0.3) is 0 Å². The largest absolute Gasteiger partial charge is 0.497 e. The second-order valence-corrected chi connectivity index (χ2v) is 4.92. The molecule has 0 saturated heterocycles. The summed E-state index contributed by atoms with van der Waals surface area (Å²) in [4.78, 5) is 10.8. The van der Waals surface area contributed by atoms with Gasteiger partial charge in [0.1, 0.15) is 5.75 Å². The number of nitrogens with zero attached hydrogens (tertiary/aromatic N) is 1. The first-order chi connectivity index (χ1) is 11.1. The Morgan fingerprint density at radius 3 is 2.22 bits per heavy atom. The lowest BCUT2D eigenvalue weighted by atomic mass is 9.90. The number of methoxy groups -OCH3 is 3. The number of hydrogen-bond donors (Lipinski definition) is 0. The van der Waals surface area contributed by atoms with Crippen LogP contribution in [-0.4, -0.2) is 32.8 Å². The highest BCUT2D eigenvalue weighted by Gasteiger charge is 2.25. The van der Waals surface area contributed by atoms with Gasteiger partial charge in [-0.1, -0.05) is 24.3 Å². The molecule has 0 bridgehead atoms. The van der Waals surface area contributed by atoms with Gasteiger partial charge in [0.15, 0.2) is 11.5 Å². The quantitative estimate of drug-likeness (QED) is 0.579. The van der Waals surface area contributed by atoms with E-state index in [1.54, 1.807) is 31.4 Å². The summed E-state index contributed by atoms with van der Waals surface area (Å²) in [6.07, 6.45) is 0. The second-order valence-electron chi connectivity index (χ2n) is 4.92. The average Bonchev–Trinajstić information content (AvgIpc) is 2.58. The summed E-state index contributed by atoms with van der Waals surface area (Å²) >= 11 is 0. The third-order valence-corrected chi connectivity index (χ3v) is 3.66. The molecule has 0 radical (unpaired) electrons. The molecule has 0 fully saturated rings. The molecule has 0 spiro atoms. The van der Waals surface area contributed by atoms with E-state index in [4.69, 9.17) is 14.2 Å². The van der Waals surface area contributed by atoms with Crippen LogP contribution < -0.4 is 14.2 Å². The van der Waals surface area contributed by atoms with Crippen molar-refractivity contribution in [2.24, 2.45) is 0 Å². The van der Waals surface area contributed by atoms with Crippen LogP contribution in [0.15, 0.2) is 42.5 Å². The van der Waals surface area contributed by atoms with Gasteiger partial charge >= 0.3 is 0 Å². The molecule has 2 aromatic rings. The molecule has 2 aromatic carbocycles. The van der Waals surface area contributed by atoms with Gasteiger partial charge in [-0.05, 0) is 23.8 Å². The number of para-hydroxylation sites is 1. The van der Waals surface area contributed by atoms with Crippen LogP contribution in [0.2, 0.25) is 0 Å². The Labute approximate surface area is 134 Å². The van der Waals surface area contributed by atoms with Gasteiger partial charge < -0.3 is 14.2 Å². The molecule has 0 N–H and O–H groups in total.